The summed E-state index contributed by atoms with van der Waals surface area (Å²) in [6, 6.07) is 5.71. The van der Waals surface area contributed by atoms with Crippen molar-refractivity contribution in [2.24, 2.45) is 0 Å². The zero-order valence-electron chi connectivity index (χ0n) is 11.7. The Labute approximate surface area is 131 Å². The van der Waals surface area contributed by atoms with Crippen molar-refractivity contribution in [2.45, 2.75) is 38.3 Å². The Balaban J connectivity index is 1.66. The lowest BCUT2D eigenvalue weighted by atomic mass is 10.2. The highest BCUT2D eigenvalue weighted by Crippen LogP contribution is 2.25. The van der Waals surface area contributed by atoms with Crippen molar-refractivity contribution < 1.29 is 4.74 Å². The fourth-order valence-corrected chi connectivity index (χ4v) is 2.85. The minimum Gasteiger partial charge on any atom is -0.398 e. The maximum absolute atomic E-state index is 5.91. The van der Waals surface area contributed by atoms with Crippen molar-refractivity contribution >= 4 is 21.6 Å². The second kappa shape index (κ2) is 6.53. The smallest absolute Gasteiger partial charge is 0.182 e. The number of rotatable bonds is 5. The second-order valence-corrected chi connectivity index (χ2v) is 6.09. The molecule has 0 unspecified atom stereocenters. The zero-order chi connectivity index (χ0) is 14.7. The maximum Gasteiger partial charge on any atom is 0.182 e. The van der Waals surface area contributed by atoms with Gasteiger partial charge in [-0.2, -0.15) is 0 Å². The molecule has 0 radical (unpaired) electrons. The third-order valence-electron chi connectivity index (χ3n) is 3.74. The van der Waals surface area contributed by atoms with E-state index in [0.29, 0.717) is 30.8 Å². The van der Waals surface area contributed by atoms with Crippen molar-refractivity contribution in [3.63, 3.8) is 0 Å². The van der Waals surface area contributed by atoms with Crippen LogP contribution in [0.15, 0.2) is 22.7 Å². The molecular formula is C14H18BrN5O. The van der Waals surface area contributed by atoms with Crippen LogP contribution in [0, 0.1) is 0 Å². The number of ether oxygens (including phenoxy) is 1. The average molecular weight is 352 g/mol. The highest BCUT2D eigenvalue weighted by Gasteiger charge is 2.16. The van der Waals surface area contributed by atoms with Gasteiger partial charge in [0.1, 0.15) is 0 Å². The molecule has 6 nitrogen and oxygen atoms in total. The highest BCUT2D eigenvalue weighted by atomic mass is 79.9. The zero-order valence-corrected chi connectivity index (χ0v) is 13.3. The predicted octanol–water partition coefficient (Wildman–Crippen LogP) is 2.64. The molecule has 21 heavy (non-hydrogen) atoms. The van der Waals surface area contributed by atoms with E-state index in [4.69, 9.17) is 10.5 Å². The predicted molar refractivity (Wildman–Crippen MR) is 83.6 cm³/mol. The molecule has 2 N–H and O–H groups in total. The molecule has 3 rings (SSSR count). The van der Waals surface area contributed by atoms with Gasteiger partial charge in [-0.25, -0.2) is 4.68 Å². The summed E-state index contributed by atoms with van der Waals surface area (Å²) in [6.07, 6.45) is 5.31. The summed E-state index contributed by atoms with van der Waals surface area (Å²) in [5, 5.41) is 11.9. The van der Waals surface area contributed by atoms with Gasteiger partial charge in [-0.3, -0.25) is 0 Å². The lowest BCUT2D eigenvalue weighted by molar-refractivity contribution is 0.0514. The van der Waals surface area contributed by atoms with Crippen molar-refractivity contribution in [1.82, 2.24) is 20.2 Å². The van der Waals surface area contributed by atoms with Gasteiger partial charge in [0, 0.05) is 15.7 Å². The Morgan fingerprint density at radius 1 is 1.33 bits per heavy atom. The first kappa shape index (κ1) is 14.5. The van der Waals surface area contributed by atoms with Gasteiger partial charge in [0.15, 0.2) is 5.82 Å². The third kappa shape index (κ3) is 3.41. The standard InChI is InChI=1S/C14H18BrN5O/c15-12-6-5-10(9-13(12)16)14-17-18-19-20(14)7-8-21-11-3-1-2-4-11/h5-6,9,11H,1-4,7-8,16H2. The Bertz CT molecular complexity index is 609. The van der Waals surface area contributed by atoms with Gasteiger partial charge in [-0.1, -0.05) is 12.8 Å². The van der Waals surface area contributed by atoms with Gasteiger partial charge >= 0.3 is 0 Å². The fourth-order valence-electron chi connectivity index (χ4n) is 2.61. The molecule has 1 fully saturated rings. The van der Waals surface area contributed by atoms with Gasteiger partial charge in [0.05, 0.1) is 19.3 Å². The number of tetrazole rings is 1. The number of nitrogens with zero attached hydrogens (tertiary/aromatic N) is 4. The third-order valence-corrected chi connectivity index (χ3v) is 4.47. The number of nitrogen functional groups attached to an aromatic ring is 1. The molecule has 1 saturated carbocycles. The molecule has 0 amide bonds. The van der Waals surface area contributed by atoms with Gasteiger partial charge in [0.2, 0.25) is 0 Å². The van der Waals surface area contributed by atoms with Crippen molar-refractivity contribution in [2.75, 3.05) is 12.3 Å². The van der Waals surface area contributed by atoms with E-state index >= 15 is 0 Å². The molecule has 1 aliphatic rings. The average Bonchev–Trinajstić information content (AvgIpc) is 3.13. The van der Waals surface area contributed by atoms with Gasteiger partial charge in [-0.15, -0.1) is 5.10 Å². The Kier molecular flexibility index (Phi) is 4.50. The Morgan fingerprint density at radius 2 is 2.14 bits per heavy atom. The fraction of sp³-hybridized carbons (Fsp3) is 0.500. The first-order valence-corrected chi connectivity index (χ1v) is 7.96. The molecule has 1 aromatic carbocycles. The molecule has 1 aliphatic carbocycles. The largest absolute Gasteiger partial charge is 0.398 e. The molecule has 0 spiro atoms. The number of halogens is 1. The first-order chi connectivity index (χ1) is 10.2. The van der Waals surface area contributed by atoms with E-state index in [-0.39, 0.29) is 0 Å². The molecule has 0 aliphatic heterocycles. The van der Waals surface area contributed by atoms with Crippen LogP contribution in [0.1, 0.15) is 25.7 Å². The number of anilines is 1. The highest BCUT2D eigenvalue weighted by molar-refractivity contribution is 9.10. The van der Waals surface area contributed by atoms with Crippen LogP contribution < -0.4 is 5.73 Å². The van der Waals surface area contributed by atoms with E-state index in [1.807, 2.05) is 18.2 Å². The molecule has 7 heteroatoms. The summed E-state index contributed by atoms with van der Waals surface area (Å²) >= 11 is 3.39. The summed E-state index contributed by atoms with van der Waals surface area (Å²) in [5.74, 6) is 0.712. The first-order valence-electron chi connectivity index (χ1n) is 7.17. The molecule has 0 atom stereocenters. The summed E-state index contributed by atoms with van der Waals surface area (Å²) in [6.45, 7) is 1.28. The SMILES string of the molecule is Nc1cc(-c2nnnn2CCOC2CCCC2)ccc1Br. The van der Waals surface area contributed by atoms with Crippen LogP contribution >= 0.6 is 15.9 Å². The van der Waals surface area contributed by atoms with Gasteiger partial charge < -0.3 is 10.5 Å². The van der Waals surface area contributed by atoms with E-state index in [2.05, 4.69) is 31.5 Å². The van der Waals surface area contributed by atoms with Crippen molar-refractivity contribution in [3.8, 4) is 11.4 Å². The van der Waals surface area contributed by atoms with Crippen LogP contribution in [0.3, 0.4) is 0 Å². The second-order valence-electron chi connectivity index (χ2n) is 5.24. The van der Waals surface area contributed by atoms with E-state index in [0.717, 1.165) is 10.0 Å². The van der Waals surface area contributed by atoms with Crippen LogP contribution in [0.25, 0.3) is 11.4 Å². The lowest BCUT2D eigenvalue weighted by Gasteiger charge is -2.11. The number of aromatic nitrogens is 4. The van der Waals surface area contributed by atoms with E-state index in [1.165, 1.54) is 25.7 Å². The van der Waals surface area contributed by atoms with Gasteiger partial charge in [-0.05, 0) is 57.4 Å². The van der Waals surface area contributed by atoms with E-state index in [9.17, 15) is 0 Å². The monoisotopic (exact) mass is 351 g/mol. The minimum absolute atomic E-state index is 0.410. The summed E-state index contributed by atoms with van der Waals surface area (Å²) in [7, 11) is 0. The summed E-state index contributed by atoms with van der Waals surface area (Å²) in [4.78, 5) is 0. The number of benzene rings is 1. The molecular weight excluding hydrogens is 334 g/mol. The summed E-state index contributed by atoms with van der Waals surface area (Å²) in [5.41, 5.74) is 7.49. The maximum atomic E-state index is 5.91. The van der Waals surface area contributed by atoms with Gasteiger partial charge in [0.25, 0.3) is 0 Å². The topological polar surface area (TPSA) is 78.9 Å². The van der Waals surface area contributed by atoms with Crippen LogP contribution in [-0.4, -0.2) is 32.9 Å². The Hall–Kier alpha value is -1.47. The number of hydrogen-bond donors (Lipinski definition) is 1. The minimum atomic E-state index is 0.410. The van der Waals surface area contributed by atoms with Crippen molar-refractivity contribution in [1.29, 1.82) is 0 Å². The van der Waals surface area contributed by atoms with E-state index in [1.54, 1.807) is 4.68 Å². The molecule has 0 bridgehead atoms. The lowest BCUT2D eigenvalue weighted by Crippen LogP contribution is -2.14. The van der Waals surface area contributed by atoms with E-state index < -0.39 is 0 Å². The molecule has 2 aromatic rings. The molecule has 1 aromatic heterocycles. The van der Waals surface area contributed by atoms with Crippen LogP contribution in [0.4, 0.5) is 5.69 Å². The number of hydrogen-bond acceptors (Lipinski definition) is 5. The summed E-state index contributed by atoms with van der Waals surface area (Å²) < 4.78 is 8.49. The molecule has 112 valence electrons. The molecule has 0 saturated heterocycles. The molecule has 1 heterocycles. The quantitative estimate of drug-likeness (QED) is 0.837. The number of nitrogens with two attached hydrogens (primary N) is 1. The van der Waals surface area contributed by atoms with Crippen LogP contribution in [0.2, 0.25) is 0 Å². The van der Waals surface area contributed by atoms with Crippen LogP contribution in [-0.2, 0) is 11.3 Å². The van der Waals surface area contributed by atoms with Crippen molar-refractivity contribution in [3.05, 3.63) is 22.7 Å². The Morgan fingerprint density at radius 3 is 2.90 bits per heavy atom. The van der Waals surface area contributed by atoms with Crippen LogP contribution in [0.5, 0.6) is 0 Å². The normalized spacial score (nSPS) is 15.7.